The second kappa shape index (κ2) is 6.54. The van der Waals surface area contributed by atoms with Crippen LogP contribution >= 0.6 is 0 Å². The van der Waals surface area contributed by atoms with Crippen LogP contribution in [0.2, 0.25) is 0 Å². The third kappa shape index (κ3) is 4.43. The molecular weight excluding hydrogens is 241 g/mol. The first kappa shape index (κ1) is 13.1. The summed E-state index contributed by atoms with van der Waals surface area (Å²) in [6, 6.07) is 16.0. The molecule has 98 valence electrons. The molecule has 19 heavy (non-hydrogen) atoms. The quantitative estimate of drug-likeness (QED) is 0.653. The Kier molecular flexibility index (Phi) is 4.50. The maximum atomic E-state index is 12.7. The summed E-state index contributed by atoms with van der Waals surface area (Å²) in [4.78, 5) is 4.23. The highest BCUT2D eigenvalue weighted by Gasteiger charge is 1.95. The van der Waals surface area contributed by atoms with Gasteiger partial charge in [-0.15, -0.1) is 0 Å². The molecule has 3 nitrogen and oxygen atoms in total. The number of nitrogens with one attached hydrogen (secondary N) is 1. The van der Waals surface area contributed by atoms with E-state index in [1.807, 2.05) is 30.3 Å². The van der Waals surface area contributed by atoms with E-state index in [1.54, 1.807) is 12.1 Å². The average molecular weight is 257 g/mol. The topological polar surface area (TPSA) is 50.4 Å². The zero-order valence-corrected chi connectivity index (χ0v) is 10.5. The molecule has 0 heterocycles. The molecule has 0 aliphatic rings. The highest BCUT2D eigenvalue weighted by atomic mass is 19.1. The Morgan fingerprint density at radius 1 is 1.05 bits per heavy atom. The molecule has 0 aliphatic heterocycles. The third-order valence-electron chi connectivity index (χ3n) is 2.64. The molecule has 0 bridgehead atoms. The largest absolute Gasteiger partial charge is 0.370 e. The van der Waals surface area contributed by atoms with Gasteiger partial charge in [-0.3, -0.25) is 4.99 Å². The number of hydrogen-bond donors (Lipinski definition) is 2. The zero-order valence-electron chi connectivity index (χ0n) is 10.5. The fraction of sp³-hybridized carbons (Fsp3) is 0.133. The van der Waals surface area contributed by atoms with Crippen LogP contribution in [-0.2, 0) is 6.42 Å². The van der Waals surface area contributed by atoms with Crippen LogP contribution in [0.4, 0.5) is 10.1 Å². The molecule has 0 aromatic heterocycles. The van der Waals surface area contributed by atoms with E-state index in [0.29, 0.717) is 12.5 Å². The van der Waals surface area contributed by atoms with E-state index < -0.39 is 0 Å². The predicted molar refractivity (Wildman–Crippen MR) is 76.7 cm³/mol. The van der Waals surface area contributed by atoms with Crippen LogP contribution in [0.25, 0.3) is 0 Å². The highest BCUT2D eigenvalue weighted by molar-refractivity contribution is 5.92. The number of nitrogens with two attached hydrogens (primary N) is 1. The van der Waals surface area contributed by atoms with E-state index in [0.717, 1.165) is 17.7 Å². The first-order chi connectivity index (χ1) is 9.24. The molecule has 3 N–H and O–H groups in total. The lowest BCUT2D eigenvalue weighted by Crippen LogP contribution is -2.23. The standard InChI is InChI=1S/C15H16FN3/c16-13-8-6-12(7-9-13)10-11-18-15(17)19-14-4-2-1-3-5-14/h1-9H,10-11H2,(H3,17,18,19). The number of anilines is 1. The molecular formula is C15H16FN3. The average Bonchev–Trinajstić information content (AvgIpc) is 2.42. The van der Waals surface area contributed by atoms with Crippen molar-refractivity contribution in [3.8, 4) is 0 Å². The van der Waals surface area contributed by atoms with Gasteiger partial charge in [0.05, 0.1) is 0 Å². The predicted octanol–water partition coefficient (Wildman–Crippen LogP) is 2.80. The molecule has 0 atom stereocenters. The van der Waals surface area contributed by atoms with Crippen molar-refractivity contribution in [1.29, 1.82) is 0 Å². The van der Waals surface area contributed by atoms with Gasteiger partial charge in [-0.25, -0.2) is 4.39 Å². The zero-order chi connectivity index (χ0) is 13.5. The maximum absolute atomic E-state index is 12.7. The Morgan fingerprint density at radius 2 is 1.74 bits per heavy atom. The molecule has 2 aromatic rings. The molecule has 0 aliphatic carbocycles. The van der Waals surface area contributed by atoms with Gasteiger partial charge in [0.2, 0.25) is 0 Å². The SMILES string of the molecule is NC(=NCCc1ccc(F)cc1)Nc1ccccc1. The number of nitrogens with zero attached hydrogens (tertiary/aromatic N) is 1. The Morgan fingerprint density at radius 3 is 2.42 bits per heavy atom. The number of halogens is 1. The number of para-hydroxylation sites is 1. The summed E-state index contributed by atoms with van der Waals surface area (Å²) in [7, 11) is 0. The summed E-state index contributed by atoms with van der Waals surface area (Å²) in [6.45, 7) is 0.567. The van der Waals surface area contributed by atoms with Gasteiger partial charge in [-0.2, -0.15) is 0 Å². The van der Waals surface area contributed by atoms with Crippen molar-refractivity contribution in [3.63, 3.8) is 0 Å². The number of guanidine groups is 1. The van der Waals surface area contributed by atoms with Crippen LogP contribution in [0.15, 0.2) is 59.6 Å². The first-order valence-corrected chi connectivity index (χ1v) is 6.10. The number of aliphatic imine (C=N–C) groups is 1. The fourth-order valence-electron chi connectivity index (χ4n) is 1.67. The van der Waals surface area contributed by atoms with Gasteiger partial charge < -0.3 is 11.1 Å². The second-order valence-corrected chi connectivity index (χ2v) is 4.13. The van der Waals surface area contributed by atoms with Crippen LogP contribution in [0.5, 0.6) is 0 Å². The lowest BCUT2D eigenvalue weighted by atomic mass is 10.1. The van der Waals surface area contributed by atoms with E-state index in [9.17, 15) is 4.39 Å². The molecule has 0 unspecified atom stereocenters. The van der Waals surface area contributed by atoms with Crippen molar-refractivity contribution >= 4 is 11.6 Å². The number of benzene rings is 2. The van der Waals surface area contributed by atoms with Crippen molar-refractivity contribution < 1.29 is 4.39 Å². The summed E-state index contributed by atoms with van der Waals surface area (Å²) in [6.07, 6.45) is 0.734. The van der Waals surface area contributed by atoms with Gasteiger partial charge in [0, 0.05) is 12.2 Å². The smallest absolute Gasteiger partial charge is 0.193 e. The first-order valence-electron chi connectivity index (χ1n) is 6.10. The molecule has 0 saturated carbocycles. The minimum Gasteiger partial charge on any atom is -0.370 e. The van der Waals surface area contributed by atoms with Crippen LogP contribution in [0, 0.1) is 5.82 Å². The van der Waals surface area contributed by atoms with Gasteiger partial charge in [-0.05, 0) is 36.2 Å². The molecule has 4 heteroatoms. The summed E-state index contributed by atoms with van der Waals surface area (Å²) >= 11 is 0. The molecule has 0 fully saturated rings. The molecule has 2 rings (SSSR count). The van der Waals surface area contributed by atoms with Crippen LogP contribution in [0.1, 0.15) is 5.56 Å². The number of hydrogen-bond acceptors (Lipinski definition) is 1. The van der Waals surface area contributed by atoms with E-state index in [2.05, 4.69) is 10.3 Å². The Balaban J connectivity index is 1.83. The maximum Gasteiger partial charge on any atom is 0.193 e. The van der Waals surface area contributed by atoms with Gasteiger partial charge >= 0.3 is 0 Å². The molecule has 0 saturated heterocycles. The summed E-state index contributed by atoms with van der Waals surface area (Å²) < 4.78 is 12.7. The van der Waals surface area contributed by atoms with Crippen molar-refractivity contribution in [1.82, 2.24) is 0 Å². The van der Waals surface area contributed by atoms with E-state index in [-0.39, 0.29) is 5.82 Å². The summed E-state index contributed by atoms with van der Waals surface area (Å²) in [5, 5.41) is 3.01. The van der Waals surface area contributed by atoms with Crippen LogP contribution in [0.3, 0.4) is 0 Å². The minimum absolute atomic E-state index is 0.225. The van der Waals surface area contributed by atoms with Gasteiger partial charge in [0.25, 0.3) is 0 Å². The second-order valence-electron chi connectivity index (χ2n) is 4.13. The van der Waals surface area contributed by atoms with E-state index >= 15 is 0 Å². The summed E-state index contributed by atoms with van der Waals surface area (Å²) in [5.74, 6) is 0.158. The van der Waals surface area contributed by atoms with Crippen molar-refractivity contribution in [2.75, 3.05) is 11.9 Å². The summed E-state index contributed by atoms with van der Waals surface area (Å²) in [5.41, 5.74) is 7.72. The fourth-order valence-corrected chi connectivity index (χ4v) is 1.67. The van der Waals surface area contributed by atoms with E-state index in [4.69, 9.17) is 5.73 Å². The monoisotopic (exact) mass is 257 g/mol. The Hall–Kier alpha value is -2.36. The highest BCUT2D eigenvalue weighted by Crippen LogP contribution is 2.05. The molecule has 0 spiro atoms. The van der Waals surface area contributed by atoms with Crippen molar-refractivity contribution in [2.24, 2.45) is 10.7 Å². The third-order valence-corrected chi connectivity index (χ3v) is 2.64. The lowest BCUT2D eigenvalue weighted by Gasteiger charge is -2.05. The molecule has 0 radical (unpaired) electrons. The Bertz CT molecular complexity index is 535. The van der Waals surface area contributed by atoms with E-state index in [1.165, 1.54) is 12.1 Å². The number of rotatable bonds is 4. The van der Waals surface area contributed by atoms with Crippen LogP contribution < -0.4 is 11.1 Å². The van der Waals surface area contributed by atoms with Gasteiger partial charge in [0.1, 0.15) is 5.82 Å². The van der Waals surface area contributed by atoms with Crippen molar-refractivity contribution in [3.05, 3.63) is 66.0 Å². The molecule has 0 amide bonds. The molecule has 2 aromatic carbocycles. The normalized spacial score (nSPS) is 11.3. The van der Waals surface area contributed by atoms with Crippen LogP contribution in [-0.4, -0.2) is 12.5 Å². The van der Waals surface area contributed by atoms with Crippen molar-refractivity contribution in [2.45, 2.75) is 6.42 Å². The Labute approximate surface area is 112 Å². The van der Waals surface area contributed by atoms with Gasteiger partial charge in [-0.1, -0.05) is 30.3 Å². The minimum atomic E-state index is -0.225. The lowest BCUT2D eigenvalue weighted by molar-refractivity contribution is 0.627. The van der Waals surface area contributed by atoms with Gasteiger partial charge in [0.15, 0.2) is 5.96 Å².